The zero-order valence-electron chi connectivity index (χ0n) is 35.3. The Kier molecular flexibility index (Phi) is 40.9. The summed E-state index contributed by atoms with van der Waals surface area (Å²) in [6, 6.07) is 0. The second kappa shape index (κ2) is 42.6. The van der Waals surface area contributed by atoms with Gasteiger partial charge >= 0.3 is 17.9 Å². The van der Waals surface area contributed by atoms with Crippen LogP contribution in [0.2, 0.25) is 0 Å². The molecule has 0 spiro atoms. The number of allylic oxidation sites excluding steroid dienone is 4. The molecule has 0 saturated carbocycles. The first-order chi connectivity index (χ1) is 26.0. The van der Waals surface area contributed by atoms with Gasteiger partial charge in [0.1, 0.15) is 13.2 Å². The van der Waals surface area contributed by atoms with Crippen molar-refractivity contribution in [3.05, 3.63) is 24.3 Å². The molecular weight excluding hydrogens is 661 g/mol. The van der Waals surface area contributed by atoms with Gasteiger partial charge < -0.3 is 14.2 Å². The van der Waals surface area contributed by atoms with Gasteiger partial charge in [-0.05, 0) is 51.4 Å². The second-order valence-corrected chi connectivity index (χ2v) is 15.3. The molecule has 0 amide bonds. The van der Waals surface area contributed by atoms with Crippen molar-refractivity contribution < 1.29 is 28.6 Å². The van der Waals surface area contributed by atoms with Gasteiger partial charge in [0, 0.05) is 19.3 Å². The Hall–Kier alpha value is -2.11. The maximum atomic E-state index is 12.7. The molecule has 0 fully saturated rings. The quantitative estimate of drug-likeness (QED) is 0.0268. The Bertz CT molecular complexity index is 865. The molecule has 53 heavy (non-hydrogen) atoms. The van der Waals surface area contributed by atoms with Crippen LogP contribution in [0.1, 0.15) is 239 Å². The number of carbonyl (C=O) groups is 3. The van der Waals surface area contributed by atoms with Crippen molar-refractivity contribution in [1.29, 1.82) is 0 Å². The first-order valence-corrected chi connectivity index (χ1v) is 22.8. The van der Waals surface area contributed by atoms with Crippen molar-refractivity contribution in [1.82, 2.24) is 0 Å². The number of unbranched alkanes of at least 4 members (excludes halogenated alkanes) is 26. The molecule has 0 aliphatic heterocycles. The lowest BCUT2D eigenvalue weighted by molar-refractivity contribution is -0.167. The summed E-state index contributed by atoms with van der Waals surface area (Å²) in [5, 5.41) is 0. The lowest BCUT2D eigenvalue weighted by atomic mass is 10.1. The zero-order valence-corrected chi connectivity index (χ0v) is 35.3. The van der Waals surface area contributed by atoms with Crippen molar-refractivity contribution in [3.8, 4) is 0 Å². The second-order valence-electron chi connectivity index (χ2n) is 15.3. The lowest BCUT2D eigenvalue weighted by Gasteiger charge is -2.18. The van der Waals surface area contributed by atoms with Gasteiger partial charge in [0.2, 0.25) is 0 Å². The van der Waals surface area contributed by atoms with Crippen LogP contribution in [0.5, 0.6) is 0 Å². The number of rotatable bonds is 41. The van der Waals surface area contributed by atoms with E-state index in [0.717, 1.165) is 77.0 Å². The van der Waals surface area contributed by atoms with Gasteiger partial charge in [-0.25, -0.2) is 0 Å². The van der Waals surface area contributed by atoms with Gasteiger partial charge in [0.05, 0.1) is 0 Å². The molecule has 0 aromatic heterocycles. The minimum Gasteiger partial charge on any atom is -0.462 e. The summed E-state index contributed by atoms with van der Waals surface area (Å²) in [6.07, 6.45) is 45.9. The largest absolute Gasteiger partial charge is 0.462 e. The summed E-state index contributed by atoms with van der Waals surface area (Å²) in [7, 11) is 0. The molecule has 0 aromatic carbocycles. The van der Waals surface area contributed by atoms with Crippen molar-refractivity contribution >= 4 is 17.9 Å². The van der Waals surface area contributed by atoms with Gasteiger partial charge in [-0.2, -0.15) is 0 Å². The average Bonchev–Trinajstić information content (AvgIpc) is 3.15. The third-order valence-electron chi connectivity index (χ3n) is 9.96. The fraction of sp³-hybridized carbons (Fsp3) is 0.851. The molecule has 0 rings (SSSR count). The van der Waals surface area contributed by atoms with E-state index >= 15 is 0 Å². The molecule has 1 unspecified atom stereocenters. The predicted molar refractivity (Wildman–Crippen MR) is 224 cm³/mol. The molecular formula is C47H86O6. The highest BCUT2D eigenvalue weighted by atomic mass is 16.6. The Morgan fingerprint density at radius 3 is 1.06 bits per heavy atom. The Balaban J connectivity index is 4.32. The van der Waals surface area contributed by atoms with Crippen molar-refractivity contribution in [2.24, 2.45) is 0 Å². The number of carbonyl (C=O) groups excluding carboxylic acids is 3. The summed E-state index contributed by atoms with van der Waals surface area (Å²) < 4.78 is 16.7. The summed E-state index contributed by atoms with van der Waals surface area (Å²) in [4.78, 5) is 37.6. The number of esters is 3. The summed E-state index contributed by atoms with van der Waals surface area (Å²) >= 11 is 0. The highest BCUT2D eigenvalue weighted by molar-refractivity contribution is 5.71. The van der Waals surface area contributed by atoms with Crippen LogP contribution >= 0.6 is 0 Å². The molecule has 0 aromatic rings. The van der Waals surface area contributed by atoms with E-state index in [0.29, 0.717) is 19.3 Å². The molecule has 0 heterocycles. The van der Waals surface area contributed by atoms with E-state index in [1.54, 1.807) is 0 Å². The Morgan fingerprint density at radius 2 is 0.679 bits per heavy atom. The number of hydrogen-bond acceptors (Lipinski definition) is 6. The van der Waals surface area contributed by atoms with Gasteiger partial charge in [-0.15, -0.1) is 0 Å². The van der Waals surface area contributed by atoms with E-state index in [2.05, 4.69) is 45.1 Å². The topological polar surface area (TPSA) is 78.9 Å². The summed E-state index contributed by atoms with van der Waals surface area (Å²) in [6.45, 7) is 6.57. The third-order valence-corrected chi connectivity index (χ3v) is 9.96. The summed E-state index contributed by atoms with van der Waals surface area (Å²) in [5.41, 5.74) is 0. The van der Waals surface area contributed by atoms with Crippen LogP contribution in [-0.4, -0.2) is 37.2 Å². The smallest absolute Gasteiger partial charge is 0.306 e. The van der Waals surface area contributed by atoms with Gasteiger partial charge in [0.25, 0.3) is 0 Å². The Morgan fingerprint density at radius 1 is 0.377 bits per heavy atom. The van der Waals surface area contributed by atoms with E-state index in [1.165, 1.54) is 122 Å². The molecule has 1 atom stereocenters. The van der Waals surface area contributed by atoms with E-state index in [4.69, 9.17) is 14.2 Å². The van der Waals surface area contributed by atoms with Crippen LogP contribution in [0.25, 0.3) is 0 Å². The van der Waals surface area contributed by atoms with E-state index in [1.807, 2.05) is 0 Å². The average molecular weight is 747 g/mol. The monoisotopic (exact) mass is 747 g/mol. The van der Waals surface area contributed by atoms with Crippen molar-refractivity contribution in [2.75, 3.05) is 13.2 Å². The highest BCUT2D eigenvalue weighted by Gasteiger charge is 2.19. The predicted octanol–water partition coefficient (Wildman–Crippen LogP) is 14.4. The minimum atomic E-state index is -0.768. The van der Waals surface area contributed by atoms with Gasteiger partial charge in [-0.1, -0.05) is 193 Å². The maximum absolute atomic E-state index is 12.7. The first kappa shape index (κ1) is 50.9. The van der Waals surface area contributed by atoms with Crippen LogP contribution in [-0.2, 0) is 28.6 Å². The van der Waals surface area contributed by atoms with Crippen LogP contribution in [0.15, 0.2) is 24.3 Å². The lowest BCUT2D eigenvalue weighted by Crippen LogP contribution is -2.30. The molecule has 6 nitrogen and oxygen atoms in total. The van der Waals surface area contributed by atoms with Crippen LogP contribution in [0, 0.1) is 0 Å². The van der Waals surface area contributed by atoms with Gasteiger partial charge in [-0.3, -0.25) is 14.4 Å². The van der Waals surface area contributed by atoms with Crippen LogP contribution in [0.4, 0.5) is 0 Å². The molecule has 6 heteroatoms. The maximum Gasteiger partial charge on any atom is 0.306 e. The highest BCUT2D eigenvalue weighted by Crippen LogP contribution is 2.14. The normalized spacial score (nSPS) is 12.1. The first-order valence-electron chi connectivity index (χ1n) is 22.8. The van der Waals surface area contributed by atoms with Gasteiger partial charge in [0.15, 0.2) is 6.10 Å². The fourth-order valence-electron chi connectivity index (χ4n) is 6.47. The fourth-order valence-corrected chi connectivity index (χ4v) is 6.47. The minimum absolute atomic E-state index is 0.0725. The molecule has 0 aliphatic rings. The molecule has 310 valence electrons. The number of ether oxygens (including phenoxy) is 3. The molecule has 0 aliphatic carbocycles. The Labute approximate surface area is 328 Å². The zero-order chi connectivity index (χ0) is 38.7. The van der Waals surface area contributed by atoms with Crippen molar-refractivity contribution in [3.63, 3.8) is 0 Å². The standard InChI is InChI=1S/C47H86O6/c1-4-7-10-13-16-19-21-22-23-24-25-27-28-31-34-37-40-46(49)52-43-44(42-51-45(48)39-36-33-30-18-15-12-9-6-3)53-47(50)41-38-35-32-29-26-20-17-14-11-8-5-2/h19,21,23-24,44H,4-18,20,22,25-43H2,1-3H3/b21-19-,24-23-. The molecule has 0 bridgehead atoms. The molecule has 0 N–H and O–H groups in total. The van der Waals surface area contributed by atoms with E-state index in [-0.39, 0.29) is 31.1 Å². The molecule has 0 saturated heterocycles. The number of hydrogen-bond donors (Lipinski definition) is 0. The van der Waals surface area contributed by atoms with E-state index in [9.17, 15) is 14.4 Å². The molecule has 0 radical (unpaired) electrons. The van der Waals surface area contributed by atoms with Crippen LogP contribution in [0.3, 0.4) is 0 Å². The summed E-state index contributed by atoms with van der Waals surface area (Å²) in [5.74, 6) is -0.887. The van der Waals surface area contributed by atoms with Crippen LogP contribution < -0.4 is 0 Å². The van der Waals surface area contributed by atoms with E-state index < -0.39 is 6.10 Å². The SMILES string of the molecule is CCCCCC/C=C\C/C=C\CCCCCCCC(=O)OCC(COC(=O)CCCCCCCCCC)OC(=O)CCCCCCCCCCCCC. The third kappa shape index (κ3) is 40.9. The van der Waals surface area contributed by atoms with Crippen molar-refractivity contribution in [2.45, 2.75) is 245 Å².